The lowest BCUT2D eigenvalue weighted by Gasteiger charge is -2.22. The third-order valence-electron chi connectivity index (χ3n) is 4.58. The fraction of sp³-hybridized carbons (Fsp3) is 0.182. The molecule has 1 aliphatic rings. The molecule has 0 aliphatic carbocycles. The number of amides is 2. The van der Waals surface area contributed by atoms with Gasteiger partial charge in [-0.2, -0.15) is 0 Å². The summed E-state index contributed by atoms with van der Waals surface area (Å²) in [6.07, 6.45) is 1.88. The molecule has 0 radical (unpaired) electrons. The van der Waals surface area contributed by atoms with Crippen LogP contribution in [0.25, 0.3) is 0 Å². The monoisotopic (exact) mass is 392 g/mol. The van der Waals surface area contributed by atoms with Crippen molar-refractivity contribution in [1.29, 1.82) is 0 Å². The number of carbonyl (C=O) groups is 2. The van der Waals surface area contributed by atoms with Gasteiger partial charge in [-0.3, -0.25) is 9.59 Å². The first-order chi connectivity index (χ1) is 13.6. The summed E-state index contributed by atoms with van der Waals surface area (Å²) < 4.78 is 5.53. The SMILES string of the molecule is Cc1ccc(NC(=O)CN2C(=O)C[C@@H](c3ccco3)Sc3ccccc32)cc1. The lowest BCUT2D eigenvalue weighted by atomic mass is 10.2. The second kappa shape index (κ2) is 7.94. The van der Waals surface area contributed by atoms with Gasteiger partial charge in [0.1, 0.15) is 12.3 Å². The van der Waals surface area contributed by atoms with Crippen LogP contribution in [0.4, 0.5) is 11.4 Å². The van der Waals surface area contributed by atoms with Gasteiger partial charge in [0.05, 0.1) is 17.2 Å². The molecule has 2 aromatic carbocycles. The molecule has 5 nitrogen and oxygen atoms in total. The highest BCUT2D eigenvalue weighted by atomic mass is 32.2. The van der Waals surface area contributed by atoms with E-state index in [1.165, 1.54) is 0 Å². The number of nitrogens with zero attached hydrogens (tertiary/aromatic N) is 1. The predicted molar refractivity (Wildman–Crippen MR) is 111 cm³/mol. The summed E-state index contributed by atoms with van der Waals surface area (Å²) >= 11 is 1.59. The van der Waals surface area contributed by atoms with Gasteiger partial charge in [-0.25, -0.2) is 0 Å². The number of hydrogen-bond acceptors (Lipinski definition) is 4. The molecule has 6 heteroatoms. The zero-order valence-electron chi connectivity index (χ0n) is 15.4. The van der Waals surface area contributed by atoms with Crippen molar-refractivity contribution >= 4 is 35.0 Å². The molecule has 142 valence electrons. The van der Waals surface area contributed by atoms with E-state index in [-0.39, 0.29) is 30.0 Å². The van der Waals surface area contributed by atoms with Gasteiger partial charge < -0.3 is 14.6 Å². The molecule has 1 aromatic heterocycles. The maximum Gasteiger partial charge on any atom is 0.244 e. The Labute approximate surface area is 167 Å². The molecule has 0 spiro atoms. The summed E-state index contributed by atoms with van der Waals surface area (Å²) in [6.45, 7) is 1.96. The van der Waals surface area contributed by atoms with Crippen molar-refractivity contribution in [3.8, 4) is 0 Å². The minimum atomic E-state index is -0.228. The average Bonchev–Trinajstić information content (AvgIpc) is 3.18. The van der Waals surface area contributed by atoms with Crippen LogP contribution in [-0.2, 0) is 9.59 Å². The third kappa shape index (κ3) is 3.97. The first-order valence-electron chi connectivity index (χ1n) is 9.06. The molecule has 0 bridgehead atoms. The van der Waals surface area contributed by atoms with E-state index in [9.17, 15) is 9.59 Å². The van der Waals surface area contributed by atoms with Crippen LogP contribution in [0.15, 0.2) is 76.2 Å². The highest BCUT2D eigenvalue weighted by Crippen LogP contribution is 2.45. The van der Waals surface area contributed by atoms with Gasteiger partial charge in [-0.05, 0) is 43.3 Å². The molecule has 4 rings (SSSR count). The van der Waals surface area contributed by atoms with Crippen LogP contribution < -0.4 is 10.2 Å². The van der Waals surface area contributed by atoms with E-state index in [2.05, 4.69) is 5.32 Å². The van der Waals surface area contributed by atoms with Crippen molar-refractivity contribution < 1.29 is 14.0 Å². The van der Waals surface area contributed by atoms with Crippen molar-refractivity contribution in [1.82, 2.24) is 0 Å². The first kappa shape index (κ1) is 18.4. The molecular weight excluding hydrogens is 372 g/mol. The Morgan fingerprint density at radius 1 is 1.14 bits per heavy atom. The van der Waals surface area contributed by atoms with Gasteiger partial charge >= 0.3 is 0 Å². The van der Waals surface area contributed by atoms with Crippen LogP contribution in [0.5, 0.6) is 0 Å². The zero-order valence-corrected chi connectivity index (χ0v) is 16.2. The summed E-state index contributed by atoms with van der Waals surface area (Å²) in [7, 11) is 0. The van der Waals surface area contributed by atoms with Crippen molar-refractivity contribution in [2.45, 2.75) is 23.5 Å². The number of nitrogens with one attached hydrogen (secondary N) is 1. The van der Waals surface area contributed by atoms with Gasteiger partial charge in [0, 0.05) is 17.0 Å². The molecule has 2 heterocycles. The Bertz CT molecular complexity index is 983. The Balaban J connectivity index is 1.56. The van der Waals surface area contributed by atoms with E-state index in [1.807, 2.05) is 67.6 Å². The normalized spacial score (nSPS) is 16.4. The Morgan fingerprint density at radius 3 is 2.68 bits per heavy atom. The number of thioether (sulfide) groups is 1. The number of aryl methyl sites for hydroxylation is 1. The minimum absolute atomic E-state index is 0.0326. The molecule has 0 unspecified atom stereocenters. The van der Waals surface area contributed by atoms with Crippen LogP contribution in [-0.4, -0.2) is 18.4 Å². The number of para-hydroxylation sites is 1. The number of anilines is 2. The quantitative estimate of drug-likeness (QED) is 0.693. The van der Waals surface area contributed by atoms with Crippen molar-refractivity contribution in [3.05, 3.63) is 78.3 Å². The van der Waals surface area contributed by atoms with Crippen molar-refractivity contribution in [3.63, 3.8) is 0 Å². The smallest absolute Gasteiger partial charge is 0.244 e. The summed E-state index contributed by atoms with van der Waals surface area (Å²) in [5.41, 5.74) is 2.59. The third-order valence-corrected chi connectivity index (χ3v) is 5.87. The molecule has 0 saturated heterocycles. The molecule has 2 amide bonds. The summed E-state index contributed by atoms with van der Waals surface area (Å²) in [5.74, 6) is 0.436. The Kier molecular flexibility index (Phi) is 5.21. The average molecular weight is 392 g/mol. The summed E-state index contributed by atoms with van der Waals surface area (Å²) in [4.78, 5) is 28.1. The highest BCUT2D eigenvalue weighted by Gasteiger charge is 2.31. The number of furan rings is 1. The maximum atomic E-state index is 13.0. The van der Waals surface area contributed by atoms with E-state index < -0.39 is 0 Å². The first-order valence-corrected chi connectivity index (χ1v) is 9.94. The van der Waals surface area contributed by atoms with Crippen molar-refractivity contribution in [2.75, 3.05) is 16.8 Å². The molecular formula is C22H20N2O3S. The molecule has 28 heavy (non-hydrogen) atoms. The number of hydrogen-bond donors (Lipinski definition) is 1. The van der Waals surface area contributed by atoms with Gasteiger partial charge in [0.2, 0.25) is 11.8 Å². The standard InChI is InChI=1S/C22H20N2O3S/c1-15-8-10-16(11-9-15)23-21(25)14-24-17-5-2-3-7-19(17)28-20(13-22(24)26)18-6-4-12-27-18/h2-12,20H,13-14H2,1H3,(H,23,25)/t20-/m0/s1. The lowest BCUT2D eigenvalue weighted by Crippen LogP contribution is -2.38. The number of carbonyl (C=O) groups excluding carboxylic acids is 2. The zero-order chi connectivity index (χ0) is 19.5. The van der Waals surface area contributed by atoms with Gasteiger partial charge in [0.15, 0.2) is 0 Å². The van der Waals surface area contributed by atoms with Crippen LogP contribution >= 0.6 is 11.8 Å². The largest absolute Gasteiger partial charge is 0.468 e. The lowest BCUT2D eigenvalue weighted by molar-refractivity contribution is -0.121. The van der Waals surface area contributed by atoms with Gasteiger partial charge in [-0.1, -0.05) is 29.8 Å². The fourth-order valence-corrected chi connectivity index (χ4v) is 4.40. The predicted octanol–water partition coefficient (Wildman–Crippen LogP) is 4.80. The van der Waals surface area contributed by atoms with E-state index >= 15 is 0 Å². The van der Waals surface area contributed by atoms with Crippen LogP contribution in [0.1, 0.15) is 23.0 Å². The topological polar surface area (TPSA) is 62.6 Å². The summed E-state index contributed by atoms with van der Waals surface area (Å²) in [6, 6.07) is 19.0. The molecule has 1 atom stereocenters. The number of fused-ring (bicyclic) bond motifs is 1. The van der Waals surface area contributed by atoms with Gasteiger partial charge in [-0.15, -0.1) is 11.8 Å². The van der Waals surface area contributed by atoms with Gasteiger partial charge in [0.25, 0.3) is 0 Å². The molecule has 0 fully saturated rings. The second-order valence-corrected chi connectivity index (χ2v) is 7.93. The molecule has 3 aromatic rings. The Hall–Kier alpha value is -2.99. The van der Waals surface area contributed by atoms with E-state index in [0.29, 0.717) is 5.69 Å². The highest BCUT2D eigenvalue weighted by molar-refractivity contribution is 7.99. The van der Waals surface area contributed by atoms with Crippen LogP contribution in [0.3, 0.4) is 0 Å². The van der Waals surface area contributed by atoms with E-state index in [0.717, 1.165) is 21.9 Å². The molecule has 0 saturated carbocycles. The maximum absolute atomic E-state index is 13.0. The number of rotatable bonds is 4. The fourth-order valence-electron chi connectivity index (χ4n) is 3.17. The summed E-state index contributed by atoms with van der Waals surface area (Å²) in [5, 5.41) is 2.75. The minimum Gasteiger partial charge on any atom is -0.468 e. The van der Waals surface area contributed by atoms with E-state index in [4.69, 9.17) is 4.42 Å². The number of benzene rings is 2. The second-order valence-electron chi connectivity index (χ2n) is 6.69. The van der Waals surface area contributed by atoms with Crippen LogP contribution in [0, 0.1) is 6.92 Å². The molecule has 1 N–H and O–H groups in total. The molecule has 1 aliphatic heterocycles. The van der Waals surface area contributed by atoms with Crippen molar-refractivity contribution in [2.24, 2.45) is 0 Å². The Morgan fingerprint density at radius 2 is 1.93 bits per heavy atom. The van der Waals surface area contributed by atoms with Crippen LogP contribution in [0.2, 0.25) is 0 Å². The van der Waals surface area contributed by atoms with E-state index in [1.54, 1.807) is 22.9 Å².